The molecule has 2 aromatic rings. The van der Waals surface area contributed by atoms with Crippen LogP contribution in [0, 0.1) is 18.6 Å². The number of fused-ring (bicyclic) bond motifs is 1. The smallest absolute Gasteiger partial charge is 0.161 e. The van der Waals surface area contributed by atoms with Crippen molar-refractivity contribution in [3.05, 3.63) is 29.6 Å². The predicted octanol–water partition coefficient (Wildman–Crippen LogP) is 1.75. The second kappa shape index (κ2) is 4.38. The minimum atomic E-state index is -0.894. The van der Waals surface area contributed by atoms with E-state index >= 15 is 0 Å². The first-order valence-corrected chi connectivity index (χ1v) is 6.18. The van der Waals surface area contributed by atoms with Gasteiger partial charge < -0.3 is 10.6 Å². The van der Waals surface area contributed by atoms with E-state index in [2.05, 4.69) is 9.97 Å². The third-order valence-electron chi connectivity index (χ3n) is 3.35. The lowest BCUT2D eigenvalue weighted by atomic mass is 10.2. The highest BCUT2D eigenvalue weighted by atomic mass is 19.2. The molecule has 0 saturated carbocycles. The van der Waals surface area contributed by atoms with Crippen LogP contribution in [0.4, 0.5) is 14.6 Å². The number of hydrogen-bond acceptors (Lipinski definition) is 4. The summed E-state index contributed by atoms with van der Waals surface area (Å²) in [5.74, 6) is -0.609. The molecule has 0 bridgehead atoms. The molecule has 0 amide bonds. The Morgan fingerprint density at radius 3 is 2.68 bits per heavy atom. The number of nitrogens with two attached hydrogens (primary N) is 1. The molecule has 1 aromatic heterocycles. The second-order valence-electron chi connectivity index (χ2n) is 4.87. The van der Waals surface area contributed by atoms with Crippen molar-refractivity contribution in [2.75, 3.05) is 18.0 Å². The molecule has 19 heavy (non-hydrogen) atoms. The molecule has 1 saturated heterocycles. The standard InChI is InChI=1S/C13H14F2N4/c1-7-17-12-5-11(15)10(14)4-9(12)13(18-7)19-3-2-8(16)6-19/h4-5,8H,2-3,6,16H2,1H3. The Balaban J connectivity index is 2.20. The van der Waals surface area contributed by atoms with Gasteiger partial charge in [0.1, 0.15) is 11.6 Å². The Morgan fingerprint density at radius 1 is 1.26 bits per heavy atom. The Labute approximate surface area is 109 Å². The zero-order valence-electron chi connectivity index (χ0n) is 10.5. The Hall–Kier alpha value is -1.82. The van der Waals surface area contributed by atoms with Gasteiger partial charge in [-0.25, -0.2) is 18.7 Å². The molecule has 100 valence electrons. The molecule has 0 aliphatic carbocycles. The highest BCUT2D eigenvalue weighted by Crippen LogP contribution is 2.28. The van der Waals surface area contributed by atoms with Crippen molar-refractivity contribution >= 4 is 16.7 Å². The van der Waals surface area contributed by atoms with Gasteiger partial charge in [0, 0.05) is 30.6 Å². The molecule has 1 aliphatic heterocycles. The van der Waals surface area contributed by atoms with Crippen molar-refractivity contribution < 1.29 is 8.78 Å². The number of nitrogens with zero attached hydrogens (tertiary/aromatic N) is 3. The maximum atomic E-state index is 13.4. The van der Waals surface area contributed by atoms with Crippen LogP contribution in [0.25, 0.3) is 10.9 Å². The molecule has 3 rings (SSSR count). The van der Waals surface area contributed by atoms with Gasteiger partial charge in [-0.15, -0.1) is 0 Å². The van der Waals surface area contributed by atoms with E-state index in [4.69, 9.17) is 5.73 Å². The van der Waals surface area contributed by atoms with Gasteiger partial charge in [0.25, 0.3) is 0 Å². The lowest BCUT2D eigenvalue weighted by Crippen LogP contribution is -2.27. The van der Waals surface area contributed by atoms with E-state index in [9.17, 15) is 8.78 Å². The van der Waals surface area contributed by atoms with Crippen LogP contribution < -0.4 is 10.6 Å². The fourth-order valence-electron chi connectivity index (χ4n) is 2.44. The lowest BCUT2D eigenvalue weighted by molar-refractivity contribution is 0.510. The van der Waals surface area contributed by atoms with Crippen molar-refractivity contribution in [3.8, 4) is 0 Å². The SMILES string of the molecule is Cc1nc(N2CCC(N)C2)c2cc(F)c(F)cc2n1. The quantitative estimate of drug-likeness (QED) is 0.852. The van der Waals surface area contributed by atoms with Gasteiger partial charge in [-0.2, -0.15) is 0 Å². The van der Waals surface area contributed by atoms with Gasteiger partial charge in [-0.05, 0) is 19.4 Å². The van der Waals surface area contributed by atoms with Crippen LogP contribution in [0.15, 0.2) is 12.1 Å². The molecule has 1 fully saturated rings. The van der Waals surface area contributed by atoms with Gasteiger partial charge in [-0.1, -0.05) is 0 Å². The first-order chi connectivity index (χ1) is 9.04. The summed E-state index contributed by atoms with van der Waals surface area (Å²) in [4.78, 5) is 10.5. The molecule has 2 N–H and O–H groups in total. The van der Waals surface area contributed by atoms with Crippen molar-refractivity contribution in [2.24, 2.45) is 5.73 Å². The summed E-state index contributed by atoms with van der Waals surface area (Å²) in [6, 6.07) is 2.36. The van der Waals surface area contributed by atoms with Crippen LogP contribution in [0.5, 0.6) is 0 Å². The highest BCUT2D eigenvalue weighted by molar-refractivity contribution is 5.89. The number of benzene rings is 1. The number of rotatable bonds is 1. The van der Waals surface area contributed by atoms with Gasteiger partial charge >= 0.3 is 0 Å². The van der Waals surface area contributed by atoms with Gasteiger partial charge in [-0.3, -0.25) is 0 Å². The van der Waals surface area contributed by atoms with E-state index in [-0.39, 0.29) is 6.04 Å². The third kappa shape index (κ3) is 2.12. The molecule has 0 spiro atoms. The maximum Gasteiger partial charge on any atom is 0.161 e. The molecule has 0 radical (unpaired) electrons. The molecule has 6 heteroatoms. The summed E-state index contributed by atoms with van der Waals surface area (Å²) < 4.78 is 26.7. The summed E-state index contributed by atoms with van der Waals surface area (Å²) in [5, 5.41) is 0.526. The lowest BCUT2D eigenvalue weighted by Gasteiger charge is -2.19. The first kappa shape index (κ1) is 12.2. The van der Waals surface area contributed by atoms with Crippen molar-refractivity contribution in [1.82, 2.24) is 9.97 Å². The highest BCUT2D eigenvalue weighted by Gasteiger charge is 2.23. The fourth-order valence-corrected chi connectivity index (χ4v) is 2.44. The normalized spacial score (nSPS) is 19.4. The molecule has 1 aliphatic rings. The van der Waals surface area contributed by atoms with E-state index in [0.29, 0.717) is 29.1 Å². The van der Waals surface area contributed by atoms with Gasteiger partial charge in [0.15, 0.2) is 11.6 Å². The van der Waals surface area contributed by atoms with E-state index in [0.717, 1.165) is 25.1 Å². The van der Waals surface area contributed by atoms with E-state index in [1.54, 1.807) is 6.92 Å². The predicted molar refractivity (Wildman–Crippen MR) is 69.0 cm³/mol. The Morgan fingerprint density at radius 2 is 2.00 bits per heavy atom. The first-order valence-electron chi connectivity index (χ1n) is 6.18. The number of aromatic nitrogens is 2. The zero-order valence-corrected chi connectivity index (χ0v) is 10.5. The summed E-state index contributed by atoms with van der Waals surface area (Å²) in [6.45, 7) is 3.18. The van der Waals surface area contributed by atoms with Crippen LogP contribution in [0.2, 0.25) is 0 Å². The average Bonchev–Trinajstić information content (AvgIpc) is 2.77. The van der Waals surface area contributed by atoms with Crippen molar-refractivity contribution in [2.45, 2.75) is 19.4 Å². The largest absolute Gasteiger partial charge is 0.354 e. The van der Waals surface area contributed by atoms with E-state index in [1.165, 1.54) is 0 Å². The van der Waals surface area contributed by atoms with Gasteiger partial charge in [0.05, 0.1) is 5.52 Å². The van der Waals surface area contributed by atoms with Crippen LogP contribution in [0.3, 0.4) is 0 Å². The third-order valence-corrected chi connectivity index (χ3v) is 3.35. The van der Waals surface area contributed by atoms with Crippen molar-refractivity contribution in [3.63, 3.8) is 0 Å². The Bertz CT molecular complexity index is 644. The minimum Gasteiger partial charge on any atom is -0.354 e. The summed E-state index contributed by atoms with van der Waals surface area (Å²) in [6.07, 6.45) is 0.869. The maximum absolute atomic E-state index is 13.4. The van der Waals surface area contributed by atoms with Crippen LogP contribution in [-0.2, 0) is 0 Å². The average molecular weight is 264 g/mol. The monoisotopic (exact) mass is 264 g/mol. The zero-order chi connectivity index (χ0) is 13.6. The van der Waals surface area contributed by atoms with E-state index in [1.807, 2.05) is 4.90 Å². The molecule has 1 unspecified atom stereocenters. The van der Waals surface area contributed by atoms with Crippen LogP contribution in [0.1, 0.15) is 12.2 Å². The molecule has 4 nitrogen and oxygen atoms in total. The summed E-state index contributed by atoms with van der Waals surface area (Å²) >= 11 is 0. The number of aryl methyl sites for hydroxylation is 1. The number of hydrogen-bond donors (Lipinski definition) is 1. The molecule has 1 aromatic carbocycles. The molecular weight excluding hydrogens is 250 g/mol. The Kier molecular flexibility index (Phi) is 2.82. The number of anilines is 1. The number of halogens is 2. The topological polar surface area (TPSA) is 55.0 Å². The van der Waals surface area contributed by atoms with Crippen LogP contribution >= 0.6 is 0 Å². The molecular formula is C13H14F2N4. The minimum absolute atomic E-state index is 0.0932. The van der Waals surface area contributed by atoms with E-state index < -0.39 is 11.6 Å². The fraction of sp³-hybridized carbons (Fsp3) is 0.385. The summed E-state index contributed by atoms with van der Waals surface area (Å²) in [7, 11) is 0. The summed E-state index contributed by atoms with van der Waals surface area (Å²) in [5.41, 5.74) is 6.30. The van der Waals surface area contributed by atoms with Gasteiger partial charge in [0.2, 0.25) is 0 Å². The molecule has 1 atom stereocenters. The van der Waals surface area contributed by atoms with Crippen molar-refractivity contribution in [1.29, 1.82) is 0 Å². The molecule has 2 heterocycles. The second-order valence-corrected chi connectivity index (χ2v) is 4.87. The van der Waals surface area contributed by atoms with Crippen LogP contribution in [-0.4, -0.2) is 29.1 Å².